The molecule has 0 saturated heterocycles. The Labute approximate surface area is 478 Å². The van der Waals surface area contributed by atoms with E-state index in [1.165, 1.54) is 116 Å². The predicted molar refractivity (Wildman–Crippen MR) is 325 cm³/mol. The third-order valence-corrected chi connectivity index (χ3v) is 15.5. The summed E-state index contributed by atoms with van der Waals surface area (Å²) in [7, 11) is 3.16. The molecule has 0 spiro atoms. The molecule has 2 aromatic carbocycles. The summed E-state index contributed by atoms with van der Waals surface area (Å²) in [6.07, 6.45) is 30.2. The molecule has 0 unspecified atom stereocenters. The number of unbranched alkanes of at least 4 members (excludes halogenated alkanes) is 24. The van der Waals surface area contributed by atoms with Crippen LogP contribution in [0, 0.1) is 0 Å². The van der Waals surface area contributed by atoms with Crippen molar-refractivity contribution < 1.29 is 52.2 Å². The molecule has 1 atom stereocenters. The second-order valence-electron chi connectivity index (χ2n) is 21.4. The number of nitrogens with zero attached hydrogens (tertiary/aromatic N) is 3. The van der Waals surface area contributed by atoms with Gasteiger partial charge in [0.15, 0.2) is 11.2 Å². The second kappa shape index (κ2) is 38.1. The number of carboxylic acids is 1. The Balaban J connectivity index is 1.34. The molecule has 0 bridgehead atoms. The van der Waals surface area contributed by atoms with Gasteiger partial charge in [0.05, 0.1) is 16.5 Å². The fourth-order valence-electron chi connectivity index (χ4n) is 9.65. The quantitative estimate of drug-likeness (QED) is 0.0108. The first kappa shape index (κ1) is 66.8. The monoisotopic (exact) mass is 1140 g/mol. The average Bonchev–Trinajstić information content (AvgIpc) is 3.62. The van der Waals surface area contributed by atoms with Gasteiger partial charge in [-0.25, -0.2) is 9.79 Å². The van der Waals surface area contributed by atoms with Gasteiger partial charge < -0.3 is 34.1 Å². The lowest BCUT2D eigenvalue weighted by molar-refractivity contribution is -0.161. The van der Waals surface area contributed by atoms with Gasteiger partial charge in [-0.2, -0.15) is 14.3 Å². The third kappa shape index (κ3) is 25.7. The van der Waals surface area contributed by atoms with Gasteiger partial charge in [0.1, 0.15) is 31.2 Å². The van der Waals surface area contributed by atoms with Gasteiger partial charge in [0.25, 0.3) is 0 Å². The molecule has 0 amide bonds. The number of anilines is 2. The predicted octanol–water partition coefficient (Wildman–Crippen LogP) is 14.9. The van der Waals surface area contributed by atoms with Gasteiger partial charge >= 0.3 is 26.1 Å². The minimum Gasteiger partial charge on any atom is -0.478 e. The van der Waals surface area contributed by atoms with Crippen LogP contribution in [0.15, 0.2) is 64.0 Å². The molecule has 79 heavy (non-hydrogen) atoms. The van der Waals surface area contributed by atoms with Crippen molar-refractivity contribution in [3.8, 4) is 22.5 Å². The lowest BCUT2D eigenvalue weighted by Gasteiger charge is -2.21. The van der Waals surface area contributed by atoms with Crippen LogP contribution in [-0.2, 0) is 28.1 Å². The van der Waals surface area contributed by atoms with Crippen molar-refractivity contribution in [2.24, 2.45) is 4.99 Å². The summed E-state index contributed by atoms with van der Waals surface area (Å²) in [5.74, 6) is -1.53. The van der Waals surface area contributed by atoms with Crippen LogP contribution in [0.25, 0.3) is 33.4 Å². The highest BCUT2D eigenvalue weighted by Gasteiger charge is 2.41. The van der Waals surface area contributed by atoms with Crippen LogP contribution >= 0.6 is 20.4 Å². The van der Waals surface area contributed by atoms with Gasteiger partial charge in [-0.1, -0.05) is 186 Å². The highest BCUT2D eigenvalue weighted by Crippen LogP contribution is 2.52. The van der Waals surface area contributed by atoms with E-state index in [-0.39, 0.29) is 43.3 Å². The zero-order chi connectivity index (χ0) is 57.3. The van der Waals surface area contributed by atoms with Crippen LogP contribution in [0.3, 0.4) is 0 Å². The van der Waals surface area contributed by atoms with E-state index in [0.717, 1.165) is 49.9 Å². The number of rotatable bonds is 42. The minimum absolute atomic E-state index is 0.0104. The topological polar surface area (TPSA) is 193 Å². The van der Waals surface area contributed by atoms with Crippen LogP contribution in [0.1, 0.15) is 204 Å². The Morgan fingerprint density at radius 2 is 1.15 bits per heavy atom. The van der Waals surface area contributed by atoms with Gasteiger partial charge in [0.2, 0.25) is 0 Å². The zero-order valence-corrected chi connectivity index (χ0v) is 50.4. The van der Waals surface area contributed by atoms with Crippen molar-refractivity contribution in [3.05, 3.63) is 65.5 Å². The highest BCUT2D eigenvalue weighted by atomic mass is 32.1. The van der Waals surface area contributed by atoms with Crippen molar-refractivity contribution in [3.63, 3.8) is 0 Å². The van der Waals surface area contributed by atoms with Crippen LogP contribution in [-0.4, -0.2) is 98.6 Å². The summed E-state index contributed by atoms with van der Waals surface area (Å²) < 4.78 is 28.7. The molecule has 1 heterocycles. The molecule has 17 heteroatoms. The van der Waals surface area contributed by atoms with E-state index in [0.29, 0.717) is 51.6 Å². The van der Waals surface area contributed by atoms with Crippen LogP contribution < -0.4 is 20.5 Å². The van der Waals surface area contributed by atoms with E-state index in [9.17, 15) is 29.3 Å². The number of hydrogen-bond donors (Lipinski definition) is 4. The molecule has 4 N–H and O–H groups in total. The molecule has 4 rings (SSSR count). The number of thiocarbonyl (C=S) groups is 1. The largest absolute Gasteiger partial charge is 0.570 e. The number of fused-ring (bicyclic) bond motifs is 2. The first-order valence-electron chi connectivity index (χ1n) is 29.7. The lowest BCUT2D eigenvalue weighted by Crippen LogP contribution is -2.30. The molecular formula is C62H96N4O11PS+. The number of carbonyl (C=O) groups excluding carboxylic acids is 2. The highest BCUT2D eigenvalue weighted by molar-refractivity contribution is 7.80. The molecule has 2 aliphatic rings. The first-order valence-corrected chi connectivity index (χ1v) is 31.6. The Kier molecular flexibility index (Phi) is 32.2. The maximum absolute atomic E-state index is 13.1. The number of aromatic carboxylic acids is 1. The van der Waals surface area contributed by atoms with E-state index < -0.39 is 38.8 Å². The normalized spacial score (nSPS) is 12.3. The number of ether oxygens (including phenoxy) is 2. The number of nitrogens with one attached hydrogen (secondary N) is 1. The molecular weight excluding hydrogens is 1040 g/mol. The molecule has 0 aromatic heterocycles. The van der Waals surface area contributed by atoms with Crippen molar-refractivity contribution in [2.45, 2.75) is 200 Å². The summed E-state index contributed by atoms with van der Waals surface area (Å²) in [5.41, 5.74) is 3.92. The summed E-state index contributed by atoms with van der Waals surface area (Å²) >= 11 is 5.70. The van der Waals surface area contributed by atoms with Gasteiger partial charge in [-0.15, -0.1) is 4.52 Å². The molecule has 1 aliphatic carbocycles. The Hall–Kier alpha value is -4.70. The van der Waals surface area contributed by atoms with E-state index in [4.69, 9.17) is 40.1 Å². The zero-order valence-electron chi connectivity index (χ0n) is 48.7. The van der Waals surface area contributed by atoms with E-state index in [1.807, 2.05) is 68.3 Å². The molecule has 0 fully saturated rings. The van der Waals surface area contributed by atoms with Gasteiger partial charge in [-0.3, -0.25) is 9.59 Å². The van der Waals surface area contributed by atoms with Crippen molar-refractivity contribution in [1.82, 2.24) is 5.32 Å². The van der Waals surface area contributed by atoms with Crippen molar-refractivity contribution >= 4 is 65.8 Å². The molecule has 2 aromatic rings. The molecule has 0 radical (unpaired) electrons. The number of carbonyl (C=O) groups is 3. The van der Waals surface area contributed by atoms with Crippen LogP contribution in [0.5, 0.6) is 0 Å². The first-order chi connectivity index (χ1) is 38.1. The third-order valence-electron chi connectivity index (χ3n) is 14.2. The average molecular weight is 1140 g/mol. The Morgan fingerprint density at radius 3 is 1.68 bits per heavy atom. The summed E-state index contributed by atoms with van der Waals surface area (Å²) in [4.78, 5) is 68.9. The molecule has 1 aliphatic heterocycles. The molecule has 15 nitrogen and oxygen atoms in total. The second-order valence-corrected chi connectivity index (χ2v) is 23.3. The molecule has 0 saturated carbocycles. The van der Waals surface area contributed by atoms with E-state index >= 15 is 0 Å². The number of hydrogen-bond acceptors (Lipinski definition) is 13. The fraction of sp³-hybridized carbons (Fsp3) is 0.629. The van der Waals surface area contributed by atoms with Crippen LogP contribution in [0.2, 0.25) is 0 Å². The summed E-state index contributed by atoms with van der Waals surface area (Å²) in [6, 6.07) is 16.2. The molecule has 440 valence electrons. The van der Waals surface area contributed by atoms with Crippen molar-refractivity contribution in [2.75, 3.05) is 64.4 Å². The fourth-order valence-corrected chi connectivity index (χ4v) is 10.6. The Morgan fingerprint density at radius 1 is 0.633 bits per heavy atom. The van der Waals surface area contributed by atoms with Crippen molar-refractivity contribution in [1.29, 1.82) is 0 Å². The number of carboxylic acid groups (broad SMARTS) is 1. The SMILES string of the molecule is CCCCCCCCCCCCCCCC(=O)OC[C@H](CO[P+](O)(O)OCCNC(=S)N=c1cc(N(C)C)cc2oc3cc(N(C)C)ccc3c(-c3ccccc3C(=O)O)c1-2)OC(=O)CCCCCCCCCCCCCCC. The number of esters is 2. The summed E-state index contributed by atoms with van der Waals surface area (Å²) in [5, 5.41) is 14.4. The number of benzene rings is 3. The minimum atomic E-state index is -4.46. The maximum atomic E-state index is 13.1. The van der Waals surface area contributed by atoms with Gasteiger partial charge in [-0.05, 0) is 54.9 Å². The standard InChI is InChI=1S/C62H95N4O11PS/c1-7-9-11-13-15-17-19-21-23-25-27-29-31-37-57(67)73-46-50(76-58(68)38-32-30-28-26-24-22-20-18-16-14-12-10-8-2)47-75-78(71,72)74-42-41-63-62(79)64-54-43-49(66(5)6)45-56-60(54)59(51-35-33-34-36-52(51)61(69)70)53-40-39-48(65(3)4)44-55(53)77-56/h33-36,39-40,43-45,50,71-72H,7-32,37-38,41-42,46-47H2,1-6H3,(H-,63,69,70,79)/p+1/t50-/m1/s1. The Bertz CT molecular complexity index is 2460. The smallest absolute Gasteiger partial charge is 0.478 e. The maximum Gasteiger partial charge on any atom is 0.570 e. The van der Waals surface area contributed by atoms with E-state index in [2.05, 4.69) is 19.2 Å². The lowest BCUT2D eigenvalue weighted by atomic mass is 9.90. The summed E-state index contributed by atoms with van der Waals surface area (Å²) in [6.45, 7) is 3.43. The van der Waals surface area contributed by atoms with Gasteiger partial charge in [0, 0.05) is 82.0 Å². The van der Waals surface area contributed by atoms with E-state index in [1.54, 1.807) is 24.3 Å². The van der Waals surface area contributed by atoms with Crippen LogP contribution in [0.4, 0.5) is 11.4 Å².